The van der Waals surface area contributed by atoms with Crippen molar-refractivity contribution in [2.24, 2.45) is 4.99 Å². The predicted molar refractivity (Wildman–Crippen MR) is 185 cm³/mol. The van der Waals surface area contributed by atoms with E-state index in [4.69, 9.17) is 31.2 Å². The molecule has 0 spiro atoms. The molecule has 2 N–H and O–H groups in total. The van der Waals surface area contributed by atoms with E-state index >= 15 is 0 Å². The second kappa shape index (κ2) is 13.9. The maximum absolute atomic E-state index is 14.0. The average Bonchev–Trinajstić information content (AvgIpc) is 3.77. The van der Waals surface area contributed by atoms with E-state index in [1.165, 1.54) is 48.8 Å². The summed E-state index contributed by atoms with van der Waals surface area (Å²) < 4.78 is 25.1. The number of ether oxygens (including phenoxy) is 2. The number of hydrogen-bond acceptors (Lipinski definition) is 10. The third-order valence-electron chi connectivity index (χ3n) is 8.73. The lowest BCUT2D eigenvalue weighted by molar-refractivity contribution is -0.136. The Labute approximate surface area is 295 Å². The molecule has 2 amide bonds. The molecular weight excluding hydrogens is 687 g/mol. The molecule has 12 nitrogen and oxygen atoms in total. The highest BCUT2D eigenvalue weighted by atomic mass is 35.5. The average molecular weight is 717 g/mol. The van der Waals surface area contributed by atoms with E-state index in [1.807, 2.05) is 22.4 Å². The summed E-state index contributed by atoms with van der Waals surface area (Å²) >= 11 is 7.88. The van der Waals surface area contributed by atoms with Crippen LogP contribution in [0.4, 0.5) is 14.9 Å². The highest BCUT2D eigenvalue weighted by molar-refractivity contribution is 7.11. The lowest BCUT2D eigenvalue weighted by Crippen LogP contribution is -2.53. The number of carboxylic acids is 1. The summed E-state index contributed by atoms with van der Waals surface area (Å²) in [6.07, 6.45) is 1.66. The van der Waals surface area contributed by atoms with Gasteiger partial charge in [0.2, 0.25) is 0 Å². The van der Waals surface area contributed by atoms with Crippen LogP contribution in [-0.2, 0) is 9.53 Å². The number of amides is 2. The van der Waals surface area contributed by atoms with Crippen LogP contribution >= 0.6 is 22.9 Å². The highest BCUT2D eigenvalue weighted by Crippen LogP contribution is 2.37. The maximum Gasteiger partial charge on any atom is 0.338 e. The number of carboxylic acid groups (broad SMARTS) is 1. The number of nitrogens with one attached hydrogen (secondary N) is 1. The van der Waals surface area contributed by atoms with Crippen molar-refractivity contribution in [2.75, 3.05) is 44.7 Å². The first-order valence-corrected chi connectivity index (χ1v) is 16.9. The van der Waals surface area contributed by atoms with Crippen LogP contribution < -0.4 is 15.0 Å². The number of halogens is 2. The highest BCUT2D eigenvalue weighted by Gasteiger charge is 2.42. The first-order valence-electron chi connectivity index (χ1n) is 15.6. The summed E-state index contributed by atoms with van der Waals surface area (Å²) in [6, 6.07) is 16.2. The Bertz CT molecular complexity index is 2010. The van der Waals surface area contributed by atoms with Crippen LogP contribution in [0.3, 0.4) is 0 Å². The van der Waals surface area contributed by atoms with Gasteiger partial charge in [0, 0.05) is 66.3 Å². The summed E-state index contributed by atoms with van der Waals surface area (Å²) in [5.74, 6) is -0.618. The van der Waals surface area contributed by atoms with Gasteiger partial charge < -0.3 is 24.8 Å². The summed E-state index contributed by atoms with van der Waals surface area (Å²) in [4.78, 5) is 52.9. The molecule has 3 aliphatic rings. The van der Waals surface area contributed by atoms with Gasteiger partial charge in [-0.3, -0.25) is 14.8 Å². The molecule has 50 heavy (non-hydrogen) atoms. The van der Waals surface area contributed by atoms with E-state index in [1.54, 1.807) is 35.4 Å². The van der Waals surface area contributed by atoms with Crippen LogP contribution in [0.25, 0.3) is 0 Å². The van der Waals surface area contributed by atoms with Crippen LogP contribution in [0.2, 0.25) is 5.02 Å². The molecule has 4 heterocycles. The zero-order valence-corrected chi connectivity index (χ0v) is 28.2. The molecule has 256 valence electrons. The van der Waals surface area contributed by atoms with Gasteiger partial charge in [0.25, 0.3) is 0 Å². The number of anilines is 1. The van der Waals surface area contributed by atoms with E-state index in [9.17, 15) is 18.8 Å². The molecule has 3 aromatic carbocycles. The molecule has 0 aliphatic carbocycles. The largest absolute Gasteiger partial charge is 0.478 e. The van der Waals surface area contributed by atoms with Gasteiger partial charge in [0.15, 0.2) is 10.8 Å². The summed E-state index contributed by atoms with van der Waals surface area (Å²) in [6.45, 7) is 2.36. The number of carbonyl (C=O) groups excluding carboxylic acids is 2. The lowest BCUT2D eigenvalue weighted by atomic mass is 9.95. The first-order chi connectivity index (χ1) is 24.2. The zero-order valence-electron chi connectivity index (χ0n) is 26.6. The van der Waals surface area contributed by atoms with Crippen LogP contribution in [-0.4, -0.2) is 89.6 Å². The van der Waals surface area contributed by atoms with Crippen LogP contribution in [0.5, 0.6) is 11.5 Å². The van der Waals surface area contributed by atoms with Gasteiger partial charge in [0.05, 0.1) is 24.3 Å². The molecule has 1 aromatic heterocycles. The first kappa shape index (κ1) is 33.2. The third kappa shape index (κ3) is 6.64. The van der Waals surface area contributed by atoms with Gasteiger partial charge in [-0.25, -0.2) is 23.8 Å². The second-order valence-electron chi connectivity index (χ2n) is 11.8. The zero-order chi connectivity index (χ0) is 34.9. The number of carbonyl (C=O) groups is 3. The number of nitrogens with zero attached hydrogens (tertiary/aromatic N) is 5. The molecule has 2 fully saturated rings. The number of piperazine rings is 1. The quantitative estimate of drug-likeness (QED) is 0.213. The van der Waals surface area contributed by atoms with Crippen molar-refractivity contribution in [3.05, 3.63) is 117 Å². The molecule has 0 bridgehead atoms. The Morgan fingerprint density at radius 2 is 1.80 bits per heavy atom. The normalized spacial score (nSPS) is 19.2. The van der Waals surface area contributed by atoms with Gasteiger partial charge in [-0.15, -0.1) is 11.3 Å². The maximum atomic E-state index is 14.0. The number of amidine groups is 1. The molecule has 0 saturated carbocycles. The second-order valence-corrected chi connectivity index (χ2v) is 13.1. The summed E-state index contributed by atoms with van der Waals surface area (Å²) in [5.41, 5.74) is 2.16. The Hall–Kier alpha value is -5.31. The minimum absolute atomic E-state index is 0.0953. The fraction of sp³-hybridized carbons (Fsp3) is 0.229. The monoisotopic (exact) mass is 716 g/mol. The van der Waals surface area contributed by atoms with E-state index in [-0.39, 0.29) is 28.2 Å². The number of aromatic carboxylic acids is 1. The van der Waals surface area contributed by atoms with E-state index in [2.05, 4.69) is 15.2 Å². The summed E-state index contributed by atoms with van der Waals surface area (Å²) in [5, 5.41) is 15.0. The molecule has 2 unspecified atom stereocenters. The molecule has 3 aliphatic heterocycles. The molecule has 15 heteroatoms. The van der Waals surface area contributed by atoms with Crippen molar-refractivity contribution in [1.82, 2.24) is 20.1 Å². The lowest BCUT2D eigenvalue weighted by Gasteiger charge is -2.38. The number of thiazole rings is 1. The Morgan fingerprint density at radius 3 is 2.46 bits per heavy atom. The van der Waals surface area contributed by atoms with Gasteiger partial charge in [-0.2, -0.15) is 0 Å². The van der Waals surface area contributed by atoms with Crippen LogP contribution in [0, 0.1) is 5.82 Å². The number of fused-ring (bicyclic) bond motifs is 1. The topological polar surface area (TPSA) is 137 Å². The molecule has 2 atom stereocenters. The summed E-state index contributed by atoms with van der Waals surface area (Å²) in [7, 11) is 1.30. The molecule has 4 aromatic rings. The van der Waals surface area contributed by atoms with Crippen LogP contribution in [0.1, 0.15) is 27.0 Å². The number of esters is 1. The third-order valence-corrected chi connectivity index (χ3v) is 9.83. The van der Waals surface area contributed by atoms with E-state index < -0.39 is 23.8 Å². The minimum Gasteiger partial charge on any atom is -0.478 e. The Kier molecular flexibility index (Phi) is 9.23. The number of urea groups is 1. The standard InChI is InChI=1S/C35H30ClFN6O6S/c1-48-34(46)29-28(39-31(32-38-12-15-50-32)40-30(29)26-11-4-21(37)16-27(26)36)19-41-13-14-42-23(17-41)18-43(35(42)47)22-5-9-25(10-6-22)49-24-7-2-20(3-8-24)33(44)45/h2-12,15-16,23,30H,13-14,17-19H2,1H3,(H,39,40)(H,44,45). The van der Waals surface area contributed by atoms with Gasteiger partial charge in [-0.05, 0) is 60.7 Å². The van der Waals surface area contributed by atoms with E-state index in [0.717, 1.165) is 5.69 Å². The molecule has 0 radical (unpaired) electrons. The van der Waals surface area contributed by atoms with Crippen molar-refractivity contribution < 1.29 is 33.4 Å². The smallest absolute Gasteiger partial charge is 0.338 e. The molecule has 2 saturated heterocycles. The number of hydrogen-bond donors (Lipinski definition) is 2. The van der Waals surface area contributed by atoms with Crippen molar-refractivity contribution in [1.29, 1.82) is 0 Å². The van der Waals surface area contributed by atoms with Crippen molar-refractivity contribution in [3.63, 3.8) is 0 Å². The fourth-order valence-electron chi connectivity index (χ4n) is 6.32. The Balaban J connectivity index is 1.09. The number of aromatic nitrogens is 1. The van der Waals surface area contributed by atoms with Crippen molar-refractivity contribution >= 4 is 52.4 Å². The van der Waals surface area contributed by atoms with Gasteiger partial charge in [0.1, 0.15) is 23.4 Å². The van der Waals surface area contributed by atoms with E-state index in [0.29, 0.717) is 66.3 Å². The number of benzene rings is 3. The number of methoxy groups -OCH3 is 1. The van der Waals surface area contributed by atoms with Crippen LogP contribution in [0.15, 0.2) is 94.6 Å². The van der Waals surface area contributed by atoms with Crippen molar-refractivity contribution in [3.8, 4) is 11.5 Å². The number of aliphatic imine (C=N–C) groups is 1. The molecular formula is C35H30ClFN6O6S. The Morgan fingerprint density at radius 1 is 1.06 bits per heavy atom. The van der Waals surface area contributed by atoms with Gasteiger partial charge >= 0.3 is 18.0 Å². The molecule has 7 rings (SSSR count). The van der Waals surface area contributed by atoms with Crippen molar-refractivity contribution in [2.45, 2.75) is 12.1 Å². The minimum atomic E-state index is -1.01. The fourth-order valence-corrected chi connectivity index (χ4v) is 7.18. The predicted octanol–water partition coefficient (Wildman–Crippen LogP) is 5.57. The SMILES string of the molecule is COC(=O)C1=C(CN2CCN3C(=O)N(c4ccc(Oc5ccc(C(=O)O)cc5)cc4)CC3C2)NC(c2nccs2)=NC1c1ccc(F)cc1Cl. The number of rotatable bonds is 9. The van der Waals surface area contributed by atoms with Gasteiger partial charge in [-0.1, -0.05) is 17.7 Å².